The summed E-state index contributed by atoms with van der Waals surface area (Å²) < 4.78 is 17.6. The summed E-state index contributed by atoms with van der Waals surface area (Å²) in [5.74, 6) is -0.705. The van der Waals surface area contributed by atoms with Crippen molar-refractivity contribution in [1.82, 2.24) is 0 Å². The molecule has 1 aromatic rings. The molecule has 0 amide bonds. The van der Waals surface area contributed by atoms with Gasteiger partial charge in [0.1, 0.15) is 11.9 Å². The number of hydrogen-bond donors (Lipinski definition) is 0. The summed E-state index contributed by atoms with van der Waals surface area (Å²) in [6.07, 6.45) is 2.52. The van der Waals surface area contributed by atoms with Crippen LogP contribution >= 0.6 is 0 Å². The van der Waals surface area contributed by atoms with E-state index in [0.717, 1.165) is 0 Å². The zero-order valence-corrected chi connectivity index (χ0v) is 6.74. The summed E-state index contributed by atoms with van der Waals surface area (Å²) >= 11 is 0. The SMILES string of the molecule is O=C1C=CC(c2cccc(F)c2)O1. The highest BCUT2D eigenvalue weighted by Gasteiger charge is 2.18. The van der Waals surface area contributed by atoms with E-state index in [2.05, 4.69) is 0 Å². The van der Waals surface area contributed by atoms with Crippen LogP contribution in [0.1, 0.15) is 11.7 Å². The molecule has 1 heterocycles. The number of benzene rings is 1. The van der Waals surface area contributed by atoms with Crippen molar-refractivity contribution in [2.45, 2.75) is 6.10 Å². The summed E-state index contributed by atoms with van der Waals surface area (Å²) in [5, 5.41) is 0. The van der Waals surface area contributed by atoms with Gasteiger partial charge in [-0.15, -0.1) is 0 Å². The van der Waals surface area contributed by atoms with Crippen LogP contribution in [-0.2, 0) is 9.53 Å². The largest absolute Gasteiger partial charge is 0.450 e. The Morgan fingerprint density at radius 2 is 2.23 bits per heavy atom. The van der Waals surface area contributed by atoms with Gasteiger partial charge in [-0.3, -0.25) is 0 Å². The van der Waals surface area contributed by atoms with Crippen molar-refractivity contribution in [3.8, 4) is 0 Å². The summed E-state index contributed by atoms with van der Waals surface area (Å²) in [5.41, 5.74) is 0.655. The molecule has 0 aliphatic carbocycles. The van der Waals surface area contributed by atoms with E-state index in [1.165, 1.54) is 18.2 Å². The lowest BCUT2D eigenvalue weighted by molar-refractivity contribution is -0.138. The third kappa shape index (κ3) is 1.59. The third-order valence-electron chi connectivity index (χ3n) is 1.83. The highest BCUT2D eigenvalue weighted by Crippen LogP contribution is 2.23. The first-order chi connectivity index (χ1) is 6.25. The van der Waals surface area contributed by atoms with Crippen LogP contribution in [-0.4, -0.2) is 5.97 Å². The molecule has 2 nitrogen and oxygen atoms in total. The molecule has 13 heavy (non-hydrogen) atoms. The monoisotopic (exact) mass is 178 g/mol. The molecule has 1 aliphatic heterocycles. The fraction of sp³-hybridized carbons (Fsp3) is 0.100. The predicted molar refractivity (Wildman–Crippen MR) is 44.4 cm³/mol. The van der Waals surface area contributed by atoms with Crippen molar-refractivity contribution in [2.24, 2.45) is 0 Å². The van der Waals surface area contributed by atoms with Crippen molar-refractivity contribution in [3.05, 3.63) is 47.8 Å². The number of carbonyl (C=O) groups excluding carboxylic acids is 1. The molecule has 0 saturated carbocycles. The van der Waals surface area contributed by atoms with E-state index < -0.39 is 6.10 Å². The van der Waals surface area contributed by atoms with Gasteiger partial charge in [-0.1, -0.05) is 12.1 Å². The number of carbonyl (C=O) groups is 1. The molecule has 1 unspecified atom stereocenters. The van der Waals surface area contributed by atoms with Crippen LogP contribution in [0.5, 0.6) is 0 Å². The number of cyclic esters (lactones) is 1. The average molecular weight is 178 g/mol. The second-order valence-electron chi connectivity index (χ2n) is 2.77. The van der Waals surface area contributed by atoms with Gasteiger partial charge in [-0.2, -0.15) is 0 Å². The van der Waals surface area contributed by atoms with Crippen LogP contribution in [0.15, 0.2) is 36.4 Å². The molecular weight excluding hydrogens is 171 g/mol. The summed E-state index contributed by atoms with van der Waals surface area (Å²) in [4.78, 5) is 10.7. The number of ether oxygens (including phenoxy) is 1. The minimum atomic E-state index is -0.428. The minimum Gasteiger partial charge on any atom is -0.450 e. The van der Waals surface area contributed by atoms with Crippen LogP contribution in [0.3, 0.4) is 0 Å². The van der Waals surface area contributed by atoms with Crippen molar-refractivity contribution in [1.29, 1.82) is 0 Å². The first-order valence-corrected chi connectivity index (χ1v) is 3.90. The van der Waals surface area contributed by atoms with Gasteiger partial charge in [0.15, 0.2) is 0 Å². The quantitative estimate of drug-likeness (QED) is 0.614. The Kier molecular flexibility index (Phi) is 1.85. The normalized spacial score (nSPS) is 20.4. The highest BCUT2D eigenvalue weighted by molar-refractivity contribution is 5.84. The van der Waals surface area contributed by atoms with Crippen LogP contribution in [0, 0.1) is 5.82 Å². The molecule has 0 radical (unpaired) electrons. The van der Waals surface area contributed by atoms with Gasteiger partial charge < -0.3 is 4.74 Å². The Hall–Kier alpha value is -1.64. The maximum Gasteiger partial charge on any atom is 0.331 e. The maximum absolute atomic E-state index is 12.8. The Balaban J connectivity index is 2.27. The van der Waals surface area contributed by atoms with E-state index >= 15 is 0 Å². The molecule has 0 saturated heterocycles. The predicted octanol–water partition coefficient (Wildman–Crippen LogP) is 1.98. The molecular formula is C10H7FO2. The molecule has 1 aromatic carbocycles. The van der Waals surface area contributed by atoms with Crippen molar-refractivity contribution in [2.75, 3.05) is 0 Å². The number of rotatable bonds is 1. The van der Waals surface area contributed by atoms with Crippen LogP contribution in [0.4, 0.5) is 4.39 Å². The lowest BCUT2D eigenvalue weighted by Crippen LogP contribution is -1.99. The lowest BCUT2D eigenvalue weighted by Gasteiger charge is -2.07. The van der Waals surface area contributed by atoms with E-state index in [0.29, 0.717) is 5.56 Å². The average Bonchev–Trinajstić information content (AvgIpc) is 2.52. The summed E-state index contributed by atoms with van der Waals surface area (Å²) in [6.45, 7) is 0. The van der Waals surface area contributed by atoms with Gasteiger partial charge in [-0.25, -0.2) is 9.18 Å². The van der Waals surface area contributed by atoms with E-state index in [9.17, 15) is 9.18 Å². The van der Waals surface area contributed by atoms with Gasteiger partial charge in [-0.05, 0) is 23.8 Å². The smallest absolute Gasteiger partial charge is 0.331 e. The van der Waals surface area contributed by atoms with E-state index in [4.69, 9.17) is 4.74 Å². The van der Waals surface area contributed by atoms with E-state index in [-0.39, 0.29) is 11.8 Å². The standard InChI is InChI=1S/C10H7FO2/c11-8-3-1-2-7(6-8)9-4-5-10(12)13-9/h1-6,9H. The number of hydrogen-bond acceptors (Lipinski definition) is 2. The van der Waals surface area contributed by atoms with E-state index in [1.807, 2.05) is 0 Å². The molecule has 2 rings (SSSR count). The Morgan fingerprint density at radius 1 is 1.38 bits per heavy atom. The van der Waals surface area contributed by atoms with Crippen molar-refractivity contribution < 1.29 is 13.9 Å². The molecule has 0 fully saturated rings. The zero-order chi connectivity index (χ0) is 9.26. The van der Waals surface area contributed by atoms with Crippen molar-refractivity contribution >= 4 is 5.97 Å². The molecule has 0 bridgehead atoms. The zero-order valence-electron chi connectivity index (χ0n) is 6.74. The second kappa shape index (κ2) is 3.01. The van der Waals surface area contributed by atoms with Crippen LogP contribution in [0.25, 0.3) is 0 Å². The molecule has 3 heteroatoms. The summed E-state index contributed by atoms with van der Waals surface area (Å²) in [6, 6.07) is 6.01. The van der Waals surface area contributed by atoms with Gasteiger partial charge in [0.2, 0.25) is 0 Å². The van der Waals surface area contributed by atoms with Crippen LogP contribution < -0.4 is 0 Å². The fourth-order valence-electron chi connectivity index (χ4n) is 1.23. The van der Waals surface area contributed by atoms with Gasteiger partial charge in [0, 0.05) is 6.08 Å². The molecule has 1 atom stereocenters. The molecule has 66 valence electrons. The second-order valence-corrected chi connectivity index (χ2v) is 2.77. The molecule has 1 aliphatic rings. The van der Waals surface area contributed by atoms with Gasteiger partial charge in [0.25, 0.3) is 0 Å². The summed E-state index contributed by atoms with van der Waals surface area (Å²) in [7, 11) is 0. The number of esters is 1. The van der Waals surface area contributed by atoms with E-state index in [1.54, 1.807) is 18.2 Å². The lowest BCUT2D eigenvalue weighted by atomic mass is 10.1. The van der Waals surface area contributed by atoms with Crippen molar-refractivity contribution in [3.63, 3.8) is 0 Å². The molecule has 0 spiro atoms. The van der Waals surface area contributed by atoms with Crippen LogP contribution in [0.2, 0.25) is 0 Å². The minimum absolute atomic E-state index is 0.325. The topological polar surface area (TPSA) is 26.3 Å². The third-order valence-corrected chi connectivity index (χ3v) is 1.83. The molecule has 0 aromatic heterocycles. The van der Waals surface area contributed by atoms with Gasteiger partial charge in [0.05, 0.1) is 0 Å². The Bertz CT molecular complexity index is 371. The number of halogens is 1. The van der Waals surface area contributed by atoms with Gasteiger partial charge >= 0.3 is 5.97 Å². The Labute approximate surface area is 74.6 Å². The highest BCUT2D eigenvalue weighted by atomic mass is 19.1. The Morgan fingerprint density at radius 3 is 2.85 bits per heavy atom. The fourth-order valence-corrected chi connectivity index (χ4v) is 1.23. The molecule has 0 N–H and O–H groups in total. The maximum atomic E-state index is 12.8. The first kappa shape index (κ1) is 7.98. The first-order valence-electron chi connectivity index (χ1n) is 3.90.